The molecule has 3 aliphatic rings. The number of halogens is 3. The van der Waals surface area contributed by atoms with Gasteiger partial charge >= 0.3 is 6.18 Å². The van der Waals surface area contributed by atoms with Crippen LogP contribution in [0, 0.1) is 0 Å². The molecule has 9 nitrogen and oxygen atoms in total. The molecule has 230 valence electrons. The number of imidazole rings is 1. The SMILES string of the molecule is O=C(c1cnc(-c2cccc(C(F)(F)F)c2)[nH]1)N1CCC2C1CCN2C1CCC(O)CC1.c1cnc(-c2cccnc2)nc1. The minimum absolute atomic E-state index is 0.148. The van der Waals surface area contributed by atoms with Gasteiger partial charge in [-0.15, -0.1) is 0 Å². The van der Waals surface area contributed by atoms with Gasteiger partial charge in [-0.25, -0.2) is 15.0 Å². The number of hydrogen-bond donors (Lipinski definition) is 2. The number of likely N-dealkylation sites (tertiary alicyclic amines) is 2. The van der Waals surface area contributed by atoms with Crippen LogP contribution in [-0.4, -0.2) is 83.1 Å². The van der Waals surface area contributed by atoms with Crippen LogP contribution in [-0.2, 0) is 6.18 Å². The molecule has 44 heavy (non-hydrogen) atoms. The number of fused-ring (bicyclic) bond motifs is 1. The molecule has 2 atom stereocenters. The van der Waals surface area contributed by atoms with Crippen molar-refractivity contribution in [3.63, 3.8) is 0 Å². The second-order valence-electron chi connectivity index (χ2n) is 11.4. The van der Waals surface area contributed by atoms with E-state index in [1.807, 2.05) is 17.0 Å². The number of rotatable bonds is 4. The van der Waals surface area contributed by atoms with Gasteiger partial charge in [0.15, 0.2) is 5.82 Å². The highest BCUT2D eigenvalue weighted by Gasteiger charge is 2.47. The van der Waals surface area contributed by atoms with Gasteiger partial charge in [-0.2, -0.15) is 13.2 Å². The summed E-state index contributed by atoms with van der Waals surface area (Å²) in [5.74, 6) is 0.818. The van der Waals surface area contributed by atoms with Crippen LogP contribution in [0.3, 0.4) is 0 Å². The van der Waals surface area contributed by atoms with Gasteiger partial charge in [0.2, 0.25) is 0 Å². The highest BCUT2D eigenvalue weighted by atomic mass is 19.4. The molecular formula is C32H34F3N7O2. The van der Waals surface area contributed by atoms with Gasteiger partial charge < -0.3 is 15.0 Å². The maximum absolute atomic E-state index is 13.2. The smallest absolute Gasteiger partial charge is 0.393 e. The number of amides is 1. The molecule has 1 aromatic carbocycles. The van der Waals surface area contributed by atoms with Crippen molar-refractivity contribution in [3.05, 3.63) is 84.7 Å². The van der Waals surface area contributed by atoms with E-state index < -0.39 is 11.7 Å². The lowest BCUT2D eigenvalue weighted by atomic mass is 9.91. The summed E-state index contributed by atoms with van der Waals surface area (Å²) in [6.07, 6.45) is 9.23. The van der Waals surface area contributed by atoms with E-state index in [-0.39, 0.29) is 23.9 Å². The summed E-state index contributed by atoms with van der Waals surface area (Å²) >= 11 is 0. The number of aromatic amines is 1. The lowest BCUT2D eigenvalue weighted by molar-refractivity contribution is -0.137. The molecule has 1 saturated carbocycles. The van der Waals surface area contributed by atoms with E-state index in [0.29, 0.717) is 35.7 Å². The number of carbonyl (C=O) groups is 1. The van der Waals surface area contributed by atoms with Crippen molar-refractivity contribution in [1.82, 2.24) is 34.7 Å². The molecule has 5 heterocycles. The largest absolute Gasteiger partial charge is 0.416 e. The van der Waals surface area contributed by atoms with Crippen LogP contribution < -0.4 is 0 Å². The highest BCUT2D eigenvalue weighted by molar-refractivity contribution is 5.93. The van der Waals surface area contributed by atoms with Crippen molar-refractivity contribution in [1.29, 1.82) is 0 Å². The Labute approximate surface area is 253 Å². The van der Waals surface area contributed by atoms with E-state index >= 15 is 0 Å². The van der Waals surface area contributed by atoms with Gasteiger partial charge in [-0.1, -0.05) is 12.1 Å². The van der Waals surface area contributed by atoms with E-state index in [1.54, 1.807) is 36.9 Å². The number of H-pyrrole nitrogens is 1. The quantitative estimate of drug-likeness (QED) is 0.328. The summed E-state index contributed by atoms with van der Waals surface area (Å²) in [7, 11) is 0. The summed E-state index contributed by atoms with van der Waals surface area (Å²) < 4.78 is 39.1. The Balaban J connectivity index is 0.000000238. The normalized spacial score (nSPS) is 23.6. The molecule has 3 fully saturated rings. The minimum Gasteiger partial charge on any atom is -0.393 e. The number of aliphatic hydroxyl groups is 1. The Bertz CT molecular complexity index is 1500. The number of nitrogens with zero attached hydrogens (tertiary/aromatic N) is 6. The number of nitrogens with one attached hydrogen (secondary N) is 1. The third kappa shape index (κ3) is 6.51. The molecule has 4 aromatic rings. The molecular weight excluding hydrogens is 571 g/mol. The number of carbonyl (C=O) groups excluding carboxylic acids is 1. The second-order valence-corrected chi connectivity index (χ2v) is 11.4. The van der Waals surface area contributed by atoms with E-state index in [9.17, 15) is 23.1 Å². The predicted molar refractivity (Wildman–Crippen MR) is 157 cm³/mol. The van der Waals surface area contributed by atoms with Crippen LogP contribution in [0.25, 0.3) is 22.8 Å². The summed E-state index contributed by atoms with van der Waals surface area (Å²) in [4.78, 5) is 36.9. The van der Waals surface area contributed by atoms with E-state index in [0.717, 1.165) is 62.8 Å². The Hall–Kier alpha value is -4.16. The summed E-state index contributed by atoms with van der Waals surface area (Å²) in [5.41, 5.74) is 0.794. The fourth-order valence-corrected chi connectivity index (χ4v) is 6.63. The third-order valence-corrected chi connectivity index (χ3v) is 8.77. The molecule has 0 radical (unpaired) electrons. The van der Waals surface area contributed by atoms with Crippen molar-refractivity contribution in [3.8, 4) is 22.8 Å². The third-order valence-electron chi connectivity index (χ3n) is 8.77. The van der Waals surface area contributed by atoms with Gasteiger partial charge in [0.25, 0.3) is 5.91 Å². The minimum atomic E-state index is -4.43. The summed E-state index contributed by atoms with van der Waals surface area (Å²) in [6, 6.07) is 11.5. The Morgan fingerprint density at radius 3 is 2.32 bits per heavy atom. The Kier molecular flexibility index (Phi) is 8.72. The predicted octanol–water partition coefficient (Wildman–Crippen LogP) is 5.23. The lowest BCUT2D eigenvalue weighted by Gasteiger charge is -2.36. The van der Waals surface area contributed by atoms with Crippen LogP contribution in [0.2, 0.25) is 0 Å². The van der Waals surface area contributed by atoms with Crippen LogP contribution in [0.15, 0.2) is 73.4 Å². The summed E-state index contributed by atoms with van der Waals surface area (Å²) in [5, 5.41) is 9.80. The zero-order valence-corrected chi connectivity index (χ0v) is 24.1. The van der Waals surface area contributed by atoms with Gasteiger partial charge in [-0.05, 0) is 68.9 Å². The van der Waals surface area contributed by atoms with Gasteiger partial charge in [0.1, 0.15) is 11.5 Å². The molecule has 2 aliphatic heterocycles. The lowest BCUT2D eigenvalue weighted by Crippen LogP contribution is -2.45. The maximum Gasteiger partial charge on any atom is 0.416 e. The van der Waals surface area contributed by atoms with Crippen molar-refractivity contribution in [2.45, 2.75) is 68.9 Å². The van der Waals surface area contributed by atoms with Crippen LogP contribution >= 0.6 is 0 Å². The number of hydrogen-bond acceptors (Lipinski definition) is 7. The topological polar surface area (TPSA) is 111 Å². The van der Waals surface area contributed by atoms with Crippen molar-refractivity contribution < 1.29 is 23.1 Å². The highest BCUT2D eigenvalue weighted by Crippen LogP contribution is 2.37. The number of benzene rings is 1. The monoisotopic (exact) mass is 605 g/mol. The fourth-order valence-electron chi connectivity index (χ4n) is 6.63. The number of pyridine rings is 1. The molecule has 2 N–H and O–H groups in total. The standard InChI is InChI=1S/C23H27F3N4O2.C9H7N3/c24-23(25,26)15-3-1-2-14(12-15)21-27-13-18(28-21)22(32)30-11-9-19-20(30)8-10-29(19)16-4-6-17(31)7-5-16;1-3-8(7-10-4-1)9-11-5-2-6-12-9/h1-3,12-13,16-17,19-20,31H,4-11H2,(H,27,28);1-7H. The van der Waals surface area contributed by atoms with Crippen molar-refractivity contribution >= 4 is 5.91 Å². The van der Waals surface area contributed by atoms with Crippen LogP contribution in [0.5, 0.6) is 0 Å². The molecule has 2 unspecified atom stereocenters. The van der Waals surface area contributed by atoms with Gasteiger partial charge in [0, 0.05) is 67.1 Å². The molecule has 7 rings (SSSR count). The molecule has 1 aliphatic carbocycles. The molecule has 0 spiro atoms. The molecule has 0 bridgehead atoms. The Morgan fingerprint density at radius 1 is 0.841 bits per heavy atom. The van der Waals surface area contributed by atoms with Crippen molar-refractivity contribution in [2.75, 3.05) is 13.1 Å². The first-order valence-electron chi connectivity index (χ1n) is 14.9. The van der Waals surface area contributed by atoms with Gasteiger partial charge in [-0.3, -0.25) is 14.7 Å². The van der Waals surface area contributed by atoms with E-state index in [1.165, 1.54) is 12.3 Å². The first kappa shape index (κ1) is 29.9. The molecule has 2 saturated heterocycles. The first-order valence-corrected chi connectivity index (χ1v) is 14.9. The zero-order chi connectivity index (χ0) is 30.7. The zero-order valence-electron chi connectivity index (χ0n) is 24.1. The first-order chi connectivity index (χ1) is 21.3. The average molecular weight is 606 g/mol. The number of aromatic nitrogens is 5. The van der Waals surface area contributed by atoms with Crippen LogP contribution in [0.1, 0.15) is 54.6 Å². The number of aliphatic hydroxyl groups excluding tert-OH is 1. The average Bonchev–Trinajstić information content (AvgIpc) is 3.80. The number of alkyl halides is 3. The van der Waals surface area contributed by atoms with Crippen molar-refractivity contribution in [2.24, 2.45) is 0 Å². The maximum atomic E-state index is 13.2. The molecule has 3 aromatic heterocycles. The van der Waals surface area contributed by atoms with Gasteiger partial charge in [0.05, 0.1) is 17.9 Å². The van der Waals surface area contributed by atoms with Crippen LogP contribution in [0.4, 0.5) is 13.2 Å². The van der Waals surface area contributed by atoms with E-state index in [2.05, 4.69) is 29.8 Å². The Morgan fingerprint density at radius 2 is 1.59 bits per heavy atom. The van der Waals surface area contributed by atoms with E-state index in [4.69, 9.17) is 0 Å². The molecule has 12 heteroatoms. The second kappa shape index (κ2) is 12.8. The summed E-state index contributed by atoms with van der Waals surface area (Å²) in [6.45, 7) is 1.62. The fraction of sp³-hybridized carbons (Fsp3) is 0.406. The molecule has 1 amide bonds.